The fourth-order valence-electron chi connectivity index (χ4n) is 2.81. The van der Waals surface area contributed by atoms with Crippen LogP contribution in [0.25, 0.3) is 6.08 Å². The van der Waals surface area contributed by atoms with Crippen molar-refractivity contribution < 1.29 is 0 Å². The average molecular weight is 249 g/mol. The van der Waals surface area contributed by atoms with E-state index in [1.807, 2.05) is 37.7 Å². The summed E-state index contributed by atoms with van der Waals surface area (Å²) in [5.74, 6) is 0. The summed E-state index contributed by atoms with van der Waals surface area (Å²) < 4.78 is 2.24. The molecule has 3 nitrogen and oxygen atoms in total. The second-order valence-corrected chi connectivity index (χ2v) is 4.80. The van der Waals surface area contributed by atoms with Gasteiger partial charge in [-0.15, -0.1) is 0 Å². The van der Waals surface area contributed by atoms with Crippen LogP contribution >= 0.6 is 0 Å². The van der Waals surface area contributed by atoms with Gasteiger partial charge in [-0.2, -0.15) is 5.26 Å². The standard InChI is InChI=1S/C16H15N3/c1-2-3-13-8-12(9-17)4-6-15(13)16-7-5-14-10-18-11-19(14)16/h2-4,6,8,10-11,16H,5,7H2,1H3. The molecule has 0 spiro atoms. The monoisotopic (exact) mass is 249 g/mol. The molecule has 1 atom stereocenters. The fourth-order valence-corrected chi connectivity index (χ4v) is 2.81. The second kappa shape index (κ2) is 4.74. The van der Waals surface area contributed by atoms with Gasteiger partial charge in [0.25, 0.3) is 0 Å². The highest BCUT2D eigenvalue weighted by atomic mass is 15.1. The minimum absolute atomic E-state index is 0.344. The Morgan fingerprint density at radius 3 is 3.16 bits per heavy atom. The van der Waals surface area contributed by atoms with Crippen molar-refractivity contribution in [3.63, 3.8) is 0 Å². The van der Waals surface area contributed by atoms with Gasteiger partial charge in [-0.25, -0.2) is 4.98 Å². The molecule has 1 aromatic carbocycles. The smallest absolute Gasteiger partial charge is 0.0991 e. The van der Waals surface area contributed by atoms with Crippen molar-refractivity contribution in [2.75, 3.05) is 0 Å². The molecule has 2 heterocycles. The zero-order chi connectivity index (χ0) is 13.2. The maximum atomic E-state index is 9.02. The number of rotatable bonds is 2. The Morgan fingerprint density at radius 1 is 1.47 bits per heavy atom. The fraction of sp³-hybridized carbons (Fsp3) is 0.250. The summed E-state index contributed by atoms with van der Waals surface area (Å²) in [5, 5.41) is 9.02. The maximum Gasteiger partial charge on any atom is 0.0991 e. The van der Waals surface area contributed by atoms with Crippen LogP contribution in [-0.4, -0.2) is 9.55 Å². The number of fused-ring (bicyclic) bond motifs is 1. The molecule has 1 unspecified atom stereocenters. The number of aromatic nitrogens is 2. The SMILES string of the molecule is CC=Cc1cc(C#N)ccc1C1CCc2cncn21. The van der Waals surface area contributed by atoms with Crippen molar-refractivity contribution in [2.45, 2.75) is 25.8 Å². The highest BCUT2D eigenvalue weighted by Crippen LogP contribution is 2.34. The number of nitrogens with zero attached hydrogens (tertiary/aromatic N) is 3. The largest absolute Gasteiger partial charge is 0.327 e. The number of aryl methyl sites for hydroxylation is 1. The van der Waals surface area contributed by atoms with E-state index in [9.17, 15) is 0 Å². The molecule has 94 valence electrons. The minimum Gasteiger partial charge on any atom is -0.327 e. The third-order valence-corrected chi connectivity index (χ3v) is 3.68. The van der Waals surface area contributed by atoms with Crippen LogP contribution in [0.15, 0.2) is 36.8 Å². The van der Waals surface area contributed by atoms with Crippen molar-refractivity contribution in [2.24, 2.45) is 0 Å². The van der Waals surface area contributed by atoms with Crippen molar-refractivity contribution in [3.8, 4) is 6.07 Å². The quantitative estimate of drug-likeness (QED) is 0.819. The van der Waals surface area contributed by atoms with Crippen LogP contribution in [0.3, 0.4) is 0 Å². The third kappa shape index (κ3) is 1.96. The van der Waals surface area contributed by atoms with Gasteiger partial charge >= 0.3 is 0 Å². The first-order valence-corrected chi connectivity index (χ1v) is 6.51. The van der Waals surface area contributed by atoms with E-state index >= 15 is 0 Å². The Balaban J connectivity index is 2.09. The van der Waals surface area contributed by atoms with E-state index in [2.05, 4.69) is 27.8 Å². The minimum atomic E-state index is 0.344. The molecule has 1 aliphatic heterocycles. The summed E-state index contributed by atoms with van der Waals surface area (Å²) in [5.41, 5.74) is 4.41. The Labute approximate surface area is 112 Å². The lowest BCUT2D eigenvalue weighted by Gasteiger charge is -2.16. The second-order valence-electron chi connectivity index (χ2n) is 4.80. The zero-order valence-electron chi connectivity index (χ0n) is 10.9. The van der Waals surface area contributed by atoms with Crippen LogP contribution < -0.4 is 0 Å². The number of benzene rings is 1. The third-order valence-electron chi connectivity index (χ3n) is 3.68. The van der Waals surface area contributed by atoms with Gasteiger partial charge in [-0.1, -0.05) is 18.2 Å². The van der Waals surface area contributed by atoms with E-state index < -0.39 is 0 Å². The summed E-state index contributed by atoms with van der Waals surface area (Å²) in [7, 11) is 0. The number of imidazole rings is 1. The first kappa shape index (κ1) is 11.7. The van der Waals surface area contributed by atoms with Crippen LogP contribution in [-0.2, 0) is 6.42 Å². The molecule has 0 amide bonds. The van der Waals surface area contributed by atoms with E-state index in [0.717, 1.165) is 18.4 Å². The molecule has 1 aromatic heterocycles. The molecule has 2 aromatic rings. The van der Waals surface area contributed by atoms with Crippen molar-refractivity contribution >= 4 is 6.08 Å². The number of hydrogen-bond acceptors (Lipinski definition) is 2. The highest BCUT2D eigenvalue weighted by molar-refractivity contribution is 5.57. The molecule has 0 saturated heterocycles. The Morgan fingerprint density at radius 2 is 2.37 bits per heavy atom. The zero-order valence-corrected chi connectivity index (χ0v) is 10.9. The lowest BCUT2D eigenvalue weighted by Crippen LogP contribution is -2.06. The van der Waals surface area contributed by atoms with Gasteiger partial charge < -0.3 is 4.57 Å². The summed E-state index contributed by atoms with van der Waals surface area (Å²) in [6.45, 7) is 2.00. The average Bonchev–Trinajstić information content (AvgIpc) is 3.02. The Bertz CT molecular complexity index is 674. The van der Waals surface area contributed by atoms with Crippen LogP contribution in [0.1, 0.15) is 41.8 Å². The van der Waals surface area contributed by atoms with Crippen LogP contribution in [0.2, 0.25) is 0 Å². The van der Waals surface area contributed by atoms with Crippen LogP contribution in [0.5, 0.6) is 0 Å². The van der Waals surface area contributed by atoms with Crippen molar-refractivity contribution in [1.29, 1.82) is 5.26 Å². The maximum absolute atomic E-state index is 9.02. The number of nitriles is 1. The lowest BCUT2D eigenvalue weighted by atomic mass is 9.96. The molecule has 0 fully saturated rings. The van der Waals surface area contributed by atoms with Crippen molar-refractivity contribution in [1.82, 2.24) is 9.55 Å². The lowest BCUT2D eigenvalue weighted by molar-refractivity contribution is 0.615. The van der Waals surface area contributed by atoms with Gasteiger partial charge in [0.05, 0.1) is 24.0 Å². The highest BCUT2D eigenvalue weighted by Gasteiger charge is 2.24. The molecular weight excluding hydrogens is 234 g/mol. The van der Waals surface area contributed by atoms with Gasteiger partial charge in [0.2, 0.25) is 0 Å². The van der Waals surface area contributed by atoms with Gasteiger partial charge in [0, 0.05) is 11.9 Å². The molecular formula is C16H15N3. The summed E-state index contributed by atoms with van der Waals surface area (Å²) in [6.07, 6.45) is 10.1. The van der Waals surface area contributed by atoms with E-state index in [4.69, 9.17) is 5.26 Å². The number of hydrogen-bond donors (Lipinski definition) is 0. The van der Waals surface area contributed by atoms with Gasteiger partial charge in [-0.05, 0) is 43.0 Å². The molecule has 19 heavy (non-hydrogen) atoms. The molecule has 3 heteroatoms. The van der Waals surface area contributed by atoms with Crippen LogP contribution in [0.4, 0.5) is 0 Å². The van der Waals surface area contributed by atoms with Gasteiger partial charge in [0.15, 0.2) is 0 Å². The van der Waals surface area contributed by atoms with E-state index in [1.165, 1.54) is 11.3 Å². The van der Waals surface area contributed by atoms with Gasteiger partial charge in [0.1, 0.15) is 0 Å². The van der Waals surface area contributed by atoms with E-state index in [-0.39, 0.29) is 0 Å². The molecule has 0 N–H and O–H groups in total. The molecule has 0 bridgehead atoms. The summed E-state index contributed by atoms with van der Waals surface area (Å²) in [4.78, 5) is 4.22. The topological polar surface area (TPSA) is 41.6 Å². The van der Waals surface area contributed by atoms with E-state index in [1.54, 1.807) is 0 Å². The molecule has 0 saturated carbocycles. The first-order valence-electron chi connectivity index (χ1n) is 6.51. The van der Waals surface area contributed by atoms with Gasteiger partial charge in [-0.3, -0.25) is 0 Å². The normalized spacial score (nSPS) is 17.6. The Hall–Kier alpha value is -2.34. The summed E-state index contributed by atoms with van der Waals surface area (Å²) in [6, 6.07) is 8.49. The predicted octanol–water partition coefficient (Wildman–Crippen LogP) is 3.32. The molecule has 0 radical (unpaired) electrons. The van der Waals surface area contributed by atoms with Crippen molar-refractivity contribution in [3.05, 3.63) is 59.2 Å². The summed E-state index contributed by atoms with van der Waals surface area (Å²) >= 11 is 0. The predicted molar refractivity (Wildman–Crippen MR) is 74.6 cm³/mol. The molecule has 0 aliphatic carbocycles. The van der Waals surface area contributed by atoms with Crippen LogP contribution in [0, 0.1) is 11.3 Å². The number of allylic oxidation sites excluding steroid dienone is 1. The van der Waals surface area contributed by atoms with E-state index in [0.29, 0.717) is 11.6 Å². The Kier molecular flexibility index (Phi) is 2.92. The molecule has 1 aliphatic rings. The molecule has 3 rings (SSSR count). The first-order chi connectivity index (χ1) is 9.33.